The van der Waals surface area contributed by atoms with Gasteiger partial charge in [0.2, 0.25) is 5.91 Å². The molecule has 1 amide bonds. The molecule has 2 saturated heterocycles. The highest BCUT2D eigenvalue weighted by Gasteiger charge is 2.50. The summed E-state index contributed by atoms with van der Waals surface area (Å²) in [6.45, 7) is 0.822. The molecular weight excluding hydrogens is 384 g/mol. The van der Waals surface area contributed by atoms with Crippen molar-refractivity contribution < 1.29 is 4.79 Å². The van der Waals surface area contributed by atoms with E-state index in [0.29, 0.717) is 0 Å². The predicted molar refractivity (Wildman–Crippen MR) is 114 cm³/mol. The summed E-state index contributed by atoms with van der Waals surface area (Å²) in [7, 11) is 1.88. The molecule has 1 aromatic carbocycles. The van der Waals surface area contributed by atoms with Crippen LogP contribution in [-0.4, -0.2) is 34.9 Å². The van der Waals surface area contributed by atoms with Crippen molar-refractivity contribution in [2.45, 2.75) is 49.1 Å². The number of carbonyl (C=O) groups excluding carboxylic acids is 1. The number of likely N-dealkylation sites (N-methyl/N-ethyl adjacent to an activating group) is 1. The van der Waals surface area contributed by atoms with Crippen LogP contribution in [0.25, 0.3) is 11.1 Å². The molecule has 2 atom stereocenters. The minimum Gasteiger partial charge on any atom is -0.344 e. The third-order valence-electron chi connectivity index (χ3n) is 6.81. The van der Waals surface area contributed by atoms with Gasteiger partial charge in [-0.2, -0.15) is 5.26 Å². The SMILES string of the molecule is CN1CCC2(CCC(c3cc(-c4ccc(C5(C#N)CC5)cc4)ccn3)N2)C1=O.Cl. The van der Waals surface area contributed by atoms with Crippen LogP contribution in [0.5, 0.6) is 0 Å². The average molecular weight is 409 g/mol. The monoisotopic (exact) mass is 408 g/mol. The summed E-state index contributed by atoms with van der Waals surface area (Å²) >= 11 is 0. The summed E-state index contributed by atoms with van der Waals surface area (Å²) in [5.74, 6) is 0.216. The second-order valence-electron chi connectivity index (χ2n) is 8.54. The average Bonchev–Trinajstić information content (AvgIpc) is 3.35. The minimum absolute atomic E-state index is 0. The van der Waals surface area contributed by atoms with Crippen LogP contribution in [0.4, 0.5) is 0 Å². The standard InChI is InChI=1S/C23H24N4O.ClH/c1-27-13-11-23(21(27)28)8-6-19(26-23)20-14-17(7-12-25-20)16-2-4-18(5-3-16)22(15-24)9-10-22;/h2-5,7,12,14,19,26H,6,8-11,13H2,1H3;1H. The molecule has 150 valence electrons. The number of hydrogen-bond donors (Lipinski definition) is 1. The maximum atomic E-state index is 12.6. The van der Waals surface area contributed by atoms with Crippen molar-refractivity contribution in [2.75, 3.05) is 13.6 Å². The summed E-state index contributed by atoms with van der Waals surface area (Å²) < 4.78 is 0. The molecular formula is C23H25ClN4O. The number of hydrogen-bond acceptors (Lipinski definition) is 4. The van der Waals surface area contributed by atoms with E-state index in [1.54, 1.807) is 0 Å². The number of nitriles is 1. The van der Waals surface area contributed by atoms with Crippen LogP contribution in [0, 0.1) is 11.3 Å². The first kappa shape index (κ1) is 19.9. The highest BCUT2D eigenvalue weighted by molar-refractivity contribution is 5.88. The van der Waals surface area contributed by atoms with Crippen molar-refractivity contribution in [1.82, 2.24) is 15.2 Å². The number of aromatic nitrogens is 1. The lowest BCUT2D eigenvalue weighted by molar-refractivity contribution is -0.131. The second kappa shape index (κ2) is 7.12. The molecule has 1 aliphatic carbocycles. The summed E-state index contributed by atoms with van der Waals surface area (Å²) in [6, 6.07) is 15.1. The van der Waals surface area contributed by atoms with Crippen LogP contribution in [0.3, 0.4) is 0 Å². The van der Waals surface area contributed by atoms with Gasteiger partial charge in [0, 0.05) is 19.8 Å². The van der Waals surface area contributed by atoms with Crippen molar-refractivity contribution >= 4 is 18.3 Å². The number of benzene rings is 1. The quantitative estimate of drug-likeness (QED) is 0.839. The molecule has 29 heavy (non-hydrogen) atoms. The van der Waals surface area contributed by atoms with Gasteiger partial charge in [-0.15, -0.1) is 12.4 Å². The first-order valence-electron chi connectivity index (χ1n) is 10.1. The van der Waals surface area contributed by atoms with E-state index in [0.717, 1.165) is 61.0 Å². The predicted octanol–water partition coefficient (Wildman–Crippen LogP) is 3.75. The normalized spacial score (nSPS) is 27.0. The van der Waals surface area contributed by atoms with E-state index < -0.39 is 5.54 Å². The Labute approximate surface area is 177 Å². The fourth-order valence-corrected chi connectivity index (χ4v) is 4.78. The smallest absolute Gasteiger partial charge is 0.242 e. The van der Waals surface area contributed by atoms with Crippen LogP contribution in [-0.2, 0) is 10.2 Å². The van der Waals surface area contributed by atoms with Crippen LogP contribution in [0.2, 0.25) is 0 Å². The van der Waals surface area contributed by atoms with Gasteiger partial charge >= 0.3 is 0 Å². The topological polar surface area (TPSA) is 69.0 Å². The molecule has 1 spiro atoms. The van der Waals surface area contributed by atoms with Gasteiger partial charge in [0.25, 0.3) is 0 Å². The Morgan fingerprint density at radius 1 is 1.14 bits per heavy atom. The van der Waals surface area contributed by atoms with Gasteiger partial charge in [-0.3, -0.25) is 15.1 Å². The van der Waals surface area contributed by atoms with Crippen molar-refractivity contribution in [2.24, 2.45) is 0 Å². The number of nitrogens with zero attached hydrogens (tertiary/aromatic N) is 3. The first-order chi connectivity index (χ1) is 13.6. The molecule has 3 fully saturated rings. The zero-order valence-corrected chi connectivity index (χ0v) is 17.3. The summed E-state index contributed by atoms with van der Waals surface area (Å²) in [5.41, 5.74) is 3.73. The van der Waals surface area contributed by atoms with E-state index in [1.807, 2.05) is 24.2 Å². The summed E-state index contributed by atoms with van der Waals surface area (Å²) in [4.78, 5) is 19.0. The number of rotatable bonds is 3. The molecule has 5 rings (SSSR count). The van der Waals surface area contributed by atoms with Gasteiger partial charge in [0.05, 0.1) is 23.2 Å². The molecule has 1 saturated carbocycles. The molecule has 1 N–H and O–H groups in total. The zero-order valence-electron chi connectivity index (χ0n) is 16.5. The van der Waals surface area contributed by atoms with Gasteiger partial charge in [-0.05, 0) is 60.9 Å². The van der Waals surface area contributed by atoms with E-state index in [2.05, 4.69) is 46.7 Å². The number of amides is 1. The van der Waals surface area contributed by atoms with E-state index in [-0.39, 0.29) is 29.8 Å². The zero-order chi connectivity index (χ0) is 19.4. The number of carbonyl (C=O) groups is 1. The number of nitrogens with one attached hydrogen (secondary N) is 1. The Balaban J connectivity index is 0.00000205. The number of likely N-dealkylation sites (tertiary alicyclic amines) is 1. The van der Waals surface area contributed by atoms with Crippen molar-refractivity contribution in [1.29, 1.82) is 5.26 Å². The highest BCUT2D eigenvalue weighted by Crippen LogP contribution is 2.47. The van der Waals surface area contributed by atoms with Crippen LogP contribution >= 0.6 is 12.4 Å². The van der Waals surface area contributed by atoms with Gasteiger partial charge in [-0.25, -0.2) is 0 Å². The Hall–Kier alpha value is -2.42. The fraction of sp³-hybridized carbons (Fsp3) is 0.435. The van der Waals surface area contributed by atoms with Gasteiger partial charge in [0.1, 0.15) is 5.54 Å². The molecule has 1 aromatic heterocycles. The third-order valence-corrected chi connectivity index (χ3v) is 6.81. The van der Waals surface area contributed by atoms with Gasteiger partial charge < -0.3 is 4.90 Å². The molecule has 0 bridgehead atoms. The van der Waals surface area contributed by atoms with E-state index >= 15 is 0 Å². The molecule has 3 heterocycles. The lowest BCUT2D eigenvalue weighted by Crippen LogP contribution is -2.47. The lowest BCUT2D eigenvalue weighted by atomic mass is 9.95. The van der Waals surface area contributed by atoms with E-state index in [1.165, 1.54) is 0 Å². The van der Waals surface area contributed by atoms with Crippen molar-refractivity contribution in [3.05, 3.63) is 53.9 Å². The van der Waals surface area contributed by atoms with Crippen LogP contribution in [0.15, 0.2) is 42.6 Å². The van der Waals surface area contributed by atoms with Crippen LogP contribution < -0.4 is 5.32 Å². The Bertz CT molecular complexity index is 979. The van der Waals surface area contributed by atoms with Gasteiger partial charge in [-0.1, -0.05) is 24.3 Å². The Morgan fingerprint density at radius 3 is 2.52 bits per heavy atom. The molecule has 6 heteroatoms. The van der Waals surface area contributed by atoms with Crippen molar-refractivity contribution in [3.8, 4) is 17.2 Å². The van der Waals surface area contributed by atoms with Gasteiger partial charge in [0.15, 0.2) is 0 Å². The fourth-order valence-electron chi connectivity index (χ4n) is 4.78. The lowest BCUT2D eigenvalue weighted by Gasteiger charge is -2.23. The summed E-state index contributed by atoms with van der Waals surface area (Å²) in [5, 5.41) is 13.0. The van der Waals surface area contributed by atoms with Crippen LogP contribution in [0.1, 0.15) is 49.4 Å². The molecule has 2 unspecified atom stereocenters. The molecule has 0 radical (unpaired) electrons. The molecule has 5 nitrogen and oxygen atoms in total. The van der Waals surface area contributed by atoms with E-state index in [9.17, 15) is 10.1 Å². The number of pyridine rings is 1. The number of halogens is 1. The maximum Gasteiger partial charge on any atom is 0.242 e. The Morgan fingerprint density at radius 2 is 1.90 bits per heavy atom. The summed E-state index contributed by atoms with van der Waals surface area (Å²) in [6.07, 6.45) is 6.46. The molecule has 2 aromatic rings. The van der Waals surface area contributed by atoms with Crippen molar-refractivity contribution in [3.63, 3.8) is 0 Å². The second-order valence-corrected chi connectivity index (χ2v) is 8.54. The first-order valence-corrected chi connectivity index (χ1v) is 10.1. The largest absolute Gasteiger partial charge is 0.344 e. The third kappa shape index (κ3) is 3.21. The van der Waals surface area contributed by atoms with E-state index in [4.69, 9.17) is 0 Å². The Kier molecular flexibility index (Phi) is 4.88. The molecule has 2 aliphatic heterocycles. The maximum absolute atomic E-state index is 12.6. The molecule has 3 aliphatic rings. The minimum atomic E-state index is -0.394. The highest BCUT2D eigenvalue weighted by atomic mass is 35.5.